The Morgan fingerprint density at radius 1 is 1.39 bits per heavy atom. The van der Waals surface area contributed by atoms with Crippen molar-refractivity contribution in [2.75, 3.05) is 11.9 Å². The summed E-state index contributed by atoms with van der Waals surface area (Å²) >= 11 is 5.54. The first-order valence-corrected chi connectivity index (χ1v) is 7.78. The highest BCUT2D eigenvalue weighted by atomic mass is 32.1. The minimum absolute atomic E-state index is 0.132. The van der Waals surface area contributed by atoms with Gasteiger partial charge in [0.05, 0.1) is 6.04 Å². The fourth-order valence-electron chi connectivity index (χ4n) is 2.79. The van der Waals surface area contributed by atoms with Crippen molar-refractivity contribution in [3.8, 4) is 0 Å². The molecule has 1 atom stereocenters. The molecule has 1 aromatic heterocycles. The number of thiocarbonyl (C=S) groups is 1. The van der Waals surface area contributed by atoms with Gasteiger partial charge in [0.25, 0.3) is 0 Å². The number of anilines is 1. The highest BCUT2D eigenvalue weighted by Gasteiger charge is 2.31. The largest absolute Gasteiger partial charge is 0.366 e. The number of nitrogens with zero attached hydrogens (tertiary/aromatic N) is 4. The van der Waals surface area contributed by atoms with Crippen molar-refractivity contribution >= 4 is 28.9 Å². The third-order valence-corrected chi connectivity index (χ3v) is 4.32. The molecule has 1 aliphatic heterocycles. The molecule has 1 aromatic carbocycles. The number of aromatic nitrogens is 3. The first-order valence-electron chi connectivity index (χ1n) is 7.37. The zero-order chi connectivity index (χ0) is 16.4. The highest BCUT2D eigenvalue weighted by molar-refractivity contribution is 7.80. The van der Waals surface area contributed by atoms with Crippen LogP contribution in [0.25, 0.3) is 0 Å². The van der Waals surface area contributed by atoms with Gasteiger partial charge in [-0.3, -0.25) is 4.79 Å². The number of carbonyl (C=O) groups is 1. The molecule has 1 unspecified atom stereocenters. The van der Waals surface area contributed by atoms with E-state index >= 15 is 0 Å². The van der Waals surface area contributed by atoms with Gasteiger partial charge in [0.15, 0.2) is 10.9 Å². The van der Waals surface area contributed by atoms with Crippen LogP contribution in [-0.2, 0) is 7.05 Å². The summed E-state index contributed by atoms with van der Waals surface area (Å²) in [6.45, 7) is 0.878. The van der Waals surface area contributed by atoms with Crippen molar-refractivity contribution in [2.45, 2.75) is 18.9 Å². The van der Waals surface area contributed by atoms with E-state index < -0.39 is 5.91 Å². The molecule has 0 radical (unpaired) electrons. The number of amides is 1. The number of primary amides is 1. The quantitative estimate of drug-likeness (QED) is 0.828. The Morgan fingerprint density at radius 3 is 2.74 bits per heavy atom. The molecular formula is C15H18N6OS. The maximum Gasteiger partial charge on any atom is 0.248 e. The molecule has 0 bridgehead atoms. The van der Waals surface area contributed by atoms with E-state index in [0.717, 1.165) is 30.9 Å². The van der Waals surface area contributed by atoms with Crippen LogP contribution >= 0.6 is 12.2 Å². The molecule has 1 amide bonds. The summed E-state index contributed by atoms with van der Waals surface area (Å²) < 4.78 is 1.92. The van der Waals surface area contributed by atoms with Gasteiger partial charge < -0.3 is 20.5 Å². The summed E-state index contributed by atoms with van der Waals surface area (Å²) in [5.41, 5.74) is 6.54. The molecule has 8 heteroatoms. The van der Waals surface area contributed by atoms with Gasteiger partial charge in [-0.15, -0.1) is 10.2 Å². The molecular weight excluding hydrogens is 312 g/mol. The van der Waals surface area contributed by atoms with Crippen LogP contribution in [0.1, 0.15) is 35.1 Å². The van der Waals surface area contributed by atoms with E-state index in [2.05, 4.69) is 20.4 Å². The number of nitrogens with two attached hydrogens (primary N) is 1. The van der Waals surface area contributed by atoms with Gasteiger partial charge in [0, 0.05) is 24.8 Å². The summed E-state index contributed by atoms with van der Waals surface area (Å²) in [7, 11) is 1.94. The van der Waals surface area contributed by atoms with Crippen LogP contribution in [0.4, 0.5) is 5.69 Å². The lowest BCUT2D eigenvalue weighted by Gasteiger charge is -2.26. The second-order valence-electron chi connectivity index (χ2n) is 5.52. The van der Waals surface area contributed by atoms with E-state index in [1.807, 2.05) is 11.6 Å². The third kappa shape index (κ3) is 3.16. The molecule has 3 rings (SSSR count). The fourth-order valence-corrected chi connectivity index (χ4v) is 3.12. The number of nitrogens with one attached hydrogen (secondary N) is 1. The van der Waals surface area contributed by atoms with Crippen molar-refractivity contribution in [3.63, 3.8) is 0 Å². The van der Waals surface area contributed by atoms with E-state index in [0.29, 0.717) is 10.7 Å². The molecule has 2 aromatic rings. The van der Waals surface area contributed by atoms with E-state index in [-0.39, 0.29) is 6.04 Å². The summed E-state index contributed by atoms with van der Waals surface area (Å²) in [5, 5.41) is 12.0. The molecule has 23 heavy (non-hydrogen) atoms. The van der Waals surface area contributed by atoms with Crippen molar-refractivity contribution in [2.24, 2.45) is 12.8 Å². The van der Waals surface area contributed by atoms with Gasteiger partial charge in [-0.1, -0.05) is 0 Å². The van der Waals surface area contributed by atoms with Gasteiger partial charge in [0.1, 0.15) is 6.33 Å². The van der Waals surface area contributed by atoms with Crippen LogP contribution in [0.3, 0.4) is 0 Å². The monoisotopic (exact) mass is 330 g/mol. The topological polar surface area (TPSA) is 89.1 Å². The number of hydrogen-bond donors (Lipinski definition) is 2. The van der Waals surface area contributed by atoms with Crippen molar-refractivity contribution < 1.29 is 4.79 Å². The Bertz CT molecular complexity index is 726. The predicted molar refractivity (Wildman–Crippen MR) is 90.9 cm³/mol. The van der Waals surface area contributed by atoms with Crippen molar-refractivity contribution in [1.82, 2.24) is 19.7 Å². The number of likely N-dealkylation sites (tertiary alicyclic amines) is 1. The zero-order valence-electron chi connectivity index (χ0n) is 12.8. The molecule has 1 saturated heterocycles. The van der Waals surface area contributed by atoms with Gasteiger partial charge >= 0.3 is 0 Å². The van der Waals surface area contributed by atoms with E-state index in [1.54, 1.807) is 30.6 Å². The number of aryl methyl sites for hydroxylation is 1. The van der Waals surface area contributed by atoms with Crippen LogP contribution < -0.4 is 11.1 Å². The smallest absolute Gasteiger partial charge is 0.248 e. The number of rotatable bonds is 3. The number of hydrogen-bond acceptors (Lipinski definition) is 4. The third-order valence-electron chi connectivity index (χ3n) is 3.98. The maximum absolute atomic E-state index is 11.1. The average molecular weight is 330 g/mol. The maximum atomic E-state index is 11.1. The first kappa shape index (κ1) is 15.4. The molecule has 3 N–H and O–H groups in total. The van der Waals surface area contributed by atoms with Crippen LogP contribution in [0.5, 0.6) is 0 Å². The molecule has 0 spiro atoms. The highest BCUT2D eigenvalue weighted by Crippen LogP contribution is 2.31. The van der Waals surface area contributed by atoms with Crippen molar-refractivity contribution in [3.05, 3.63) is 42.0 Å². The van der Waals surface area contributed by atoms with Crippen LogP contribution in [0, 0.1) is 0 Å². The van der Waals surface area contributed by atoms with Gasteiger partial charge in [0.2, 0.25) is 5.91 Å². The van der Waals surface area contributed by atoms with E-state index in [4.69, 9.17) is 18.0 Å². The summed E-state index contributed by atoms with van der Waals surface area (Å²) in [6.07, 6.45) is 3.75. The SMILES string of the molecule is Cn1cnnc1C1CCCN1C(=S)Nc1ccc(C(N)=O)cc1. The molecule has 7 nitrogen and oxygen atoms in total. The Labute approximate surface area is 139 Å². The van der Waals surface area contributed by atoms with Gasteiger partial charge in [-0.2, -0.15) is 0 Å². The summed E-state index contributed by atoms with van der Waals surface area (Å²) in [6, 6.07) is 7.07. The predicted octanol–water partition coefficient (Wildman–Crippen LogP) is 1.45. The average Bonchev–Trinajstić information content (AvgIpc) is 3.15. The van der Waals surface area contributed by atoms with Gasteiger partial charge in [-0.05, 0) is 49.3 Å². The summed E-state index contributed by atoms with van der Waals surface area (Å²) in [4.78, 5) is 13.2. The molecule has 1 aliphatic rings. The molecule has 120 valence electrons. The minimum Gasteiger partial charge on any atom is -0.366 e. The Morgan fingerprint density at radius 2 is 2.13 bits per heavy atom. The van der Waals surface area contributed by atoms with Crippen LogP contribution in [-0.4, -0.2) is 37.2 Å². The second-order valence-corrected chi connectivity index (χ2v) is 5.91. The lowest BCUT2D eigenvalue weighted by Crippen LogP contribution is -2.35. The number of benzene rings is 1. The summed E-state index contributed by atoms with van der Waals surface area (Å²) in [5.74, 6) is 0.469. The fraction of sp³-hybridized carbons (Fsp3) is 0.333. The zero-order valence-corrected chi connectivity index (χ0v) is 13.6. The Kier molecular flexibility index (Phi) is 4.24. The Hall–Kier alpha value is -2.48. The van der Waals surface area contributed by atoms with E-state index in [9.17, 15) is 4.79 Å². The van der Waals surface area contributed by atoms with Crippen LogP contribution in [0.2, 0.25) is 0 Å². The molecule has 0 saturated carbocycles. The van der Waals surface area contributed by atoms with Gasteiger partial charge in [-0.25, -0.2) is 0 Å². The van der Waals surface area contributed by atoms with E-state index in [1.165, 1.54) is 0 Å². The lowest BCUT2D eigenvalue weighted by atomic mass is 10.2. The van der Waals surface area contributed by atoms with Crippen molar-refractivity contribution in [1.29, 1.82) is 0 Å². The number of carbonyl (C=O) groups excluding carboxylic acids is 1. The standard InChI is InChI=1S/C15H18N6OS/c1-20-9-17-19-14(20)12-3-2-8-21(12)15(23)18-11-6-4-10(5-7-11)13(16)22/h4-7,9,12H,2-3,8H2,1H3,(H2,16,22)(H,18,23). The first-order chi connectivity index (χ1) is 11.1. The molecule has 0 aliphatic carbocycles. The molecule has 2 heterocycles. The normalized spacial score (nSPS) is 17.3. The molecule has 1 fully saturated rings. The second kappa shape index (κ2) is 6.33. The van der Waals surface area contributed by atoms with Crippen LogP contribution in [0.15, 0.2) is 30.6 Å². The Balaban J connectivity index is 1.72. The lowest BCUT2D eigenvalue weighted by molar-refractivity contribution is 0.100. The minimum atomic E-state index is -0.444.